The van der Waals surface area contributed by atoms with Gasteiger partial charge < -0.3 is 19.5 Å². The Balaban J connectivity index is 1.41. The lowest BCUT2D eigenvalue weighted by atomic mass is 9.81. The van der Waals surface area contributed by atoms with Crippen LogP contribution in [0.3, 0.4) is 0 Å². The van der Waals surface area contributed by atoms with Gasteiger partial charge in [0.05, 0.1) is 43.1 Å². The fourth-order valence-corrected chi connectivity index (χ4v) is 5.09. The number of hydrogen-bond acceptors (Lipinski definition) is 7. The molecule has 1 aromatic heterocycles. The quantitative estimate of drug-likeness (QED) is 0.350. The molecular weight excluding hydrogens is 460 g/mol. The average Bonchev–Trinajstić information content (AvgIpc) is 3.36. The average molecular weight is 495 g/mol. The fraction of sp³-hybridized carbons (Fsp3) is 0.429. The molecule has 0 saturated carbocycles. The number of ketones is 1. The van der Waals surface area contributed by atoms with Crippen molar-refractivity contribution in [3.63, 3.8) is 0 Å². The lowest BCUT2D eigenvalue weighted by Crippen LogP contribution is -2.53. The SMILES string of the molecule is CC(=O)c1cnc(NC[C@H]2O[C@H](COCc3ccccc3)[C@@H](OCc3ccccc3)[C@H](C)[C@@H]2C)s1. The molecule has 0 radical (unpaired) electrons. The van der Waals surface area contributed by atoms with E-state index in [9.17, 15) is 4.79 Å². The van der Waals surface area contributed by atoms with Gasteiger partial charge in [-0.1, -0.05) is 85.8 Å². The molecule has 0 spiro atoms. The number of rotatable bonds is 11. The number of Topliss-reactive ketones (excluding diaryl/α,β-unsaturated/α-hetero) is 1. The molecule has 1 saturated heterocycles. The molecule has 3 aromatic rings. The standard InChI is InChI=1S/C28H34N2O4S/c1-19-20(2)27(33-17-23-12-8-5-9-13-23)25(18-32-16-22-10-6-4-7-11-22)34-24(19)14-29-28-30-15-26(35-28)21(3)31/h4-13,15,19-20,24-25,27H,14,16-18H2,1-3H3,(H,29,30)/t19-,20+,24+,25+,27-/m0/s1. The Hall–Kier alpha value is -2.58. The largest absolute Gasteiger partial charge is 0.374 e. The van der Waals surface area contributed by atoms with E-state index >= 15 is 0 Å². The summed E-state index contributed by atoms with van der Waals surface area (Å²) in [5.41, 5.74) is 2.28. The summed E-state index contributed by atoms with van der Waals surface area (Å²) in [6, 6.07) is 20.4. The molecule has 7 heteroatoms. The van der Waals surface area contributed by atoms with E-state index in [4.69, 9.17) is 14.2 Å². The molecule has 0 amide bonds. The van der Waals surface area contributed by atoms with Crippen LogP contribution in [-0.2, 0) is 27.4 Å². The van der Waals surface area contributed by atoms with Gasteiger partial charge >= 0.3 is 0 Å². The molecular formula is C28H34N2O4S. The summed E-state index contributed by atoms with van der Waals surface area (Å²) in [5.74, 6) is 0.565. The summed E-state index contributed by atoms with van der Waals surface area (Å²) >= 11 is 1.37. The van der Waals surface area contributed by atoms with Gasteiger partial charge in [-0.2, -0.15) is 0 Å². The maximum absolute atomic E-state index is 11.6. The lowest BCUT2D eigenvalue weighted by Gasteiger charge is -2.44. The van der Waals surface area contributed by atoms with Crippen LogP contribution < -0.4 is 5.32 Å². The van der Waals surface area contributed by atoms with Gasteiger partial charge in [0, 0.05) is 13.5 Å². The number of carbonyl (C=O) groups excluding carboxylic acids is 1. The van der Waals surface area contributed by atoms with Crippen LogP contribution in [0.2, 0.25) is 0 Å². The maximum Gasteiger partial charge on any atom is 0.183 e. The summed E-state index contributed by atoms with van der Waals surface area (Å²) in [4.78, 5) is 16.6. The first-order valence-corrected chi connectivity index (χ1v) is 13.0. The minimum atomic E-state index is -0.190. The number of anilines is 1. The summed E-state index contributed by atoms with van der Waals surface area (Å²) in [6.07, 6.45) is 1.32. The topological polar surface area (TPSA) is 69.7 Å². The van der Waals surface area contributed by atoms with Gasteiger partial charge in [0.25, 0.3) is 0 Å². The Morgan fingerprint density at radius 1 is 0.971 bits per heavy atom. The molecule has 5 atom stereocenters. The second kappa shape index (κ2) is 12.4. The van der Waals surface area contributed by atoms with Crippen molar-refractivity contribution in [3.05, 3.63) is 82.9 Å². The summed E-state index contributed by atoms with van der Waals surface area (Å²) in [5, 5.41) is 4.10. The van der Waals surface area contributed by atoms with E-state index in [1.165, 1.54) is 11.3 Å². The van der Waals surface area contributed by atoms with E-state index in [0.29, 0.717) is 31.2 Å². The van der Waals surface area contributed by atoms with E-state index in [1.54, 1.807) is 13.1 Å². The third kappa shape index (κ3) is 6.98. The molecule has 1 N–H and O–H groups in total. The molecule has 1 fully saturated rings. The Morgan fingerprint density at radius 3 is 2.26 bits per heavy atom. The number of ether oxygens (including phenoxy) is 3. The van der Waals surface area contributed by atoms with Crippen molar-refractivity contribution in [2.24, 2.45) is 11.8 Å². The van der Waals surface area contributed by atoms with E-state index < -0.39 is 0 Å². The van der Waals surface area contributed by atoms with Crippen LogP contribution in [0.5, 0.6) is 0 Å². The van der Waals surface area contributed by atoms with Crippen LogP contribution in [0.15, 0.2) is 66.9 Å². The van der Waals surface area contributed by atoms with Crippen molar-refractivity contribution in [1.29, 1.82) is 0 Å². The van der Waals surface area contributed by atoms with Crippen LogP contribution in [0.25, 0.3) is 0 Å². The first-order chi connectivity index (χ1) is 17.0. The van der Waals surface area contributed by atoms with Gasteiger partial charge in [0.2, 0.25) is 0 Å². The molecule has 2 aromatic carbocycles. The van der Waals surface area contributed by atoms with E-state index in [0.717, 1.165) is 16.3 Å². The fourth-order valence-electron chi connectivity index (χ4n) is 4.37. The highest BCUT2D eigenvalue weighted by Crippen LogP contribution is 2.34. The zero-order valence-corrected chi connectivity index (χ0v) is 21.4. The zero-order valence-electron chi connectivity index (χ0n) is 20.6. The highest BCUT2D eigenvalue weighted by Gasteiger charge is 2.42. The van der Waals surface area contributed by atoms with Gasteiger partial charge in [-0.3, -0.25) is 4.79 Å². The second-order valence-corrected chi connectivity index (χ2v) is 10.2. The molecule has 35 heavy (non-hydrogen) atoms. The molecule has 1 aliphatic rings. The number of benzene rings is 2. The highest BCUT2D eigenvalue weighted by molar-refractivity contribution is 7.17. The van der Waals surface area contributed by atoms with Gasteiger partial charge in [-0.15, -0.1) is 0 Å². The highest BCUT2D eigenvalue weighted by atomic mass is 32.1. The first-order valence-electron chi connectivity index (χ1n) is 12.1. The van der Waals surface area contributed by atoms with Crippen LogP contribution in [0.1, 0.15) is 41.6 Å². The van der Waals surface area contributed by atoms with Gasteiger partial charge in [-0.25, -0.2) is 4.98 Å². The van der Waals surface area contributed by atoms with Crippen LogP contribution in [0, 0.1) is 11.8 Å². The third-order valence-electron chi connectivity index (χ3n) is 6.64. The summed E-state index contributed by atoms with van der Waals surface area (Å²) in [7, 11) is 0. The van der Waals surface area contributed by atoms with Crippen molar-refractivity contribution >= 4 is 22.3 Å². The van der Waals surface area contributed by atoms with Crippen molar-refractivity contribution in [2.75, 3.05) is 18.5 Å². The number of carbonyl (C=O) groups is 1. The molecule has 1 aliphatic heterocycles. The summed E-state index contributed by atoms with van der Waals surface area (Å²) < 4.78 is 19.1. The van der Waals surface area contributed by atoms with Gasteiger partial charge in [0.1, 0.15) is 6.10 Å². The number of aromatic nitrogens is 1. The summed E-state index contributed by atoms with van der Waals surface area (Å²) in [6.45, 7) is 8.13. The molecule has 0 bridgehead atoms. The number of nitrogens with one attached hydrogen (secondary N) is 1. The van der Waals surface area contributed by atoms with Gasteiger partial charge in [-0.05, 0) is 23.0 Å². The Kier molecular flexibility index (Phi) is 9.04. The van der Waals surface area contributed by atoms with Crippen molar-refractivity contribution in [1.82, 2.24) is 4.98 Å². The predicted molar refractivity (Wildman–Crippen MR) is 139 cm³/mol. The smallest absolute Gasteiger partial charge is 0.183 e. The Labute approximate surface area is 211 Å². The minimum absolute atomic E-state index is 0.0282. The van der Waals surface area contributed by atoms with E-state index in [1.807, 2.05) is 36.4 Å². The van der Waals surface area contributed by atoms with Crippen molar-refractivity contribution in [3.8, 4) is 0 Å². The molecule has 2 heterocycles. The Morgan fingerprint density at radius 2 is 1.63 bits per heavy atom. The Bertz CT molecular complexity index is 1060. The first kappa shape index (κ1) is 25.5. The molecule has 0 aliphatic carbocycles. The number of hydrogen-bond donors (Lipinski definition) is 1. The van der Waals surface area contributed by atoms with Crippen LogP contribution >= 0.6 is 11.3 Å². The molecule has 4 rings (SSSR count). The third-order valence-corrected chi connectivity index (χ3v) is 7.69. The predicted octanol–water partition coefficient (Wildman–Crippen LogP) is 5.60. The molecule has 186 valence electrons. The van der Waals surface area contributed by atoms with Gasteiger partial charge in [0.15, 0.2) is 10.9 Å². The minimum Gasteiger partial charge on any atom is -0.374 e. The normalized spacial score (nSPS) is 24.3. The van der Waals surface area contributed by atoms with Crippen LogP contribution in [0.4, 0.5) is 5.13 Å². The number of thiazole rings is 1. The lowest BCUT2D eigenvalue weighted by molar-refractivity contribution is -0.203. The van der Waals surface area contributed by atoms with E-state index in [-0.39, 0.29) is 35.9 Å². The van der Waals surface area contributed by atoms with Crippen molar-refractivity contribution < 1.29 is 19.0 Å². The van der Waals surface area contributed by atoms with E-state index in [2.05, 4.69) is 48.4 Å². The van der Waals surface area contributed by atoms with Crippen molar-refractivity contribution in [2.45, 2.75) is 52.3 Å². The number of nitrogens with zero attached hydrogens (tertiary/aromatic N) is 1. The second-order valence-electron chi connectivity index (χ2n) is 9.16. The molecule has 6 nitrogen and oxygen atoms in total. The van der Waals surface area contributed by atoms with Crippen LogP contribution in [-0.4, -0.2) is 42.2 Å². The zero-order chi connectivity index (χ0) is 24.6. The maximum atomic E-state index is 11.6. The monoisotopic (exact) mass is 494 g/mol. The molecule has 0 unspecified atom stereocenters.